The lowest BCUT2D eigenvalue weighted by Crippen LogP contribution is -2.51. The summed E-state index contributed by atoms with van der Waals surface area (Å²) in [5.74, 6) is -0.589. The van der Waals surface area contributed by atoms with Gasteiger partial charge in [0.05, 0.1) is 21.3 Å². The first-order valence-corrected chi connectivity index (χ1v) is 15.4. The molecule has 3 aromatic heterocycles. The maximum absolute atomic E-state index is 16.6. The number of rotatable bonds is 5. The molecule has 4 fully saturated rings. The van der Waals surface area contributed by atoms with E-state index in [4.69, 9.17) is 15.5 Å². The number of hydrogen-bond donors (Lipinski definition) is 2. The first-order chi connectivity index (χ1) is 20.3. The fourth-order valence-electron chi connectivity index (χ4n) is 7.57. The molecule has 8 rings (SSSR count). The monoisotopic (exact) mass is 596 g/mol. The van der Waals surface area contributed by atoms with Crippen molar-refractivity contribution in [1.82, 2.24) is 30.2 Å². The lowest BCUT2D eigenvalue weighted by molar-refractivity contribution is 0.107. The Morgan fingerprint density at radius 2 is 1.90 bits per heavy atom. The third kappa shape index (κ3) is 4.11. The fourth-order valence-corrected chi connectivity index (χ4v) is 8.43. The minimum Gasteiger partial charge on any atom is -0.461 e. The minimum absolute atomic E-state index is 0.0428. The molecule has 9 nitrogen and oxygen atoms in total. The van der Waals surface area contributed by atoms with Gasteiger partial charge < -0.3 is 20.7 Å². The van der Waals surface area contributed by atoms with Crippen LogP contribution in [0.25, 0.3) is 32.4 Å². The first kappa shape index (κ1) is 26.3. The molecule has 2 unspecified atom stereocenters. The largest absolute Gasteiger partial charge is 0.461 e. The third-order valence-corrected chi connectivity index (χ3v) is 10.4. The fraction of sp³-hybridized carbons (Fsp3) is 0.517. The number of nitrogens with two attached hydrogens (primary N) is 1. The van der Waals surface area contributed by atoms with Crippen LogP contribution < -0.4 is 20.7 Å². The molecule has 0 saturated carbocycles. The highest BCUT2D eigenvalue weighted by atomic mass is 32.1. The summed E-state index contributed by atoms with van der Waals surface area (Å²) >= 11 is 1.09. The van der Waals surface area contributed by atoms with Gasteiger partial charge in [-0.15, -0.1) is 0 Å². The van der Waals surface area contributed by atoms with Gasteiger partial charge in [0.25, 0.3) is 0 Å². The number of aryl methyl sites for hydroxylation is 1. The van der Waals surface area contributed by atoms with E-state index in [2.05, 4.69) is 30.1 Å². The zero-order valence-corrected chi connectivity index (χ0v) is 24.0. The normalized spacial score (nSPS) is 27.4. The highest BCUT2D eigenvalue weighted by Gasteiger charge is 2.49. The van der Waals surface area contributed by atoms with Gasteiger partial charge in [-0.05, 0) is 51.3 Å². The molecule has 0 amide bonds. The Labute approximate surface area is 244 Å². The molecular formula is C29H31F3N8OS. The summed E-state index contributed by atoms with van der Waals surface area (Å²) < 4.78 is 52.3. The molecule has 3 N–H and O–H groups in total. The van der Waals surface area contributed by atoms with E-state index in [0.717, 1.165) is 56.7 Å². The van der Waals surface area contributed by atoms with E-state index in [1.807, 2.05) is 6.92 Å². The second-order valence-electron chi connectivity index (χ2n) is 12.1. The number of fused-ring (bicyclic) bond motifs is 5. The smallest absolute Gasteiger partial charge is 0.319 e. The van der Waals surface area contributed by atoms with Crippen molar-refractivity contribution in [3.63, 3.8) is 0 Å². The van der Waals surface area contributed by atoms with Gasteiger partial charge in [0.15, 0.2) is 10.9 Å². The van der Waals surface area contributed by atoms with Crippen LogP contribution in [0.15, 0.2) is 12.1 Å². The molecule has 4 atom stereocenters. The molecule has 0 aliphatic carbocycles. The van der Waals surface area contributed by atoms with Gasteiger partial charge in [-0.2, -0.15) is 9.97 Å². The molecule has 2 bridgehead atoms. The summed E-state index contributed by atoms with van der Waals surface area (Å²) in [5, 5.41) is 4.34. The van der Waals surface area contributed by atoms with Crippen LogP contribution in [-0.4, -0.2) is 81.4 Å². The molecule has 0 spiro atoms. The van der Waals surface area contributed by atoms with Crippen LogP contribution in [0, 0.1) is 18.6 Å². The minimum atomic E-state index is -0.889. The van der Waals surface area contributed by atoms with Crippen molar-refractivity contribution in [2.75, 3.05) is 43.4 Å². The van der Waals surface area contributed by atoms with E-state index in [-0.39, 0.29) is 34.5 Å². The number of alkyl halides is 1. The molecular weight excluding hydrogens is 565 g/mol. The molecule has 13 heteroatoms. The molecule has 4 aliphatic heterocycles. The maximum atomic E-state index is 16.6. The summed E-state index contributed by atoms with van der Waals surface area (Å²) in [6, 6.07) is 3.46. The first-order valence-electron chi connectivity index (χ1n) is 14.5. The number of pyridine rings is 1. The van der Waals surface area contributed by atoms with Crippen molar-refractivity contribution in [3.8, 4) is 17.3 Å². The number of nitrogens with zero attached hydrogens (tertiary/aromatic N) is 6. The number of aromatic nitrogens is 4. The Morgan fingerprint density at radius 1 is 1.10 bits per heavy atom. The molecule has 1 aromatic carbocycles. The highest BCUT2D eigenvalue weighted by molar-refractivity contribution is 7.22. The van der Waals surface area contributed by atoms with Crippen LogP contribution >= 0.6 is 11.3 Å². The number of nitrogen functional groups attached to an aromatic ring is 1. The molecule has 4 aromatic rings. The van der Waals surface area contributed by atoms with Crippen LogP contribution in [0.4, 0.5) is 24.1 Å². The Bertz CT molecular complexity index is 1720. The number of ether oxygens (including phenoxy) is 1. The van der Waals surface area contributed by atoms with E-state index < -0.39 is 23.3 Å². The molecule has 4 aliphatic rings. The predicted octanol–water partition coefficient (Wildman–Crippen LogP) is 4.37. The van der Waals surface area contributed by atoms with Gasteiger partial charge in [0, 0.05) is 43.7 Å². The van der Waals surface area contributed by atoms with Crippen molar-refractivity contribution in [3.05, 3.63) is 29.5 Å². The zero-order chi connectivity index (χ0) is 28.7. The zero-order valence-electron chi connectivity index (χ0n) is 23.2. The van der Waals surface area contributed by atoms with E-state index in [1.165, 1.54) is 12.1 Å². The number of halogens is 3. The maximum Gasteiger partial charge on any atom is 0.319 e. The van der Waals surface area contributed by atoms with E-state index in [9.17, 15) is 8.78 Å². The molecule has 42 heavy (non-hydrogen) atoms. The van der Waals surface area contributed by atoms with Crippen LogP contribution in [-0.2, 0) is 0 Å². The molecule has 7 heterocycles. The molecule has 4 saturated heterocycles. The van der Waals surface area contributed by atoms with Gasteiger partial charge in [0.2, 0.25) is 0 Å². The lowest BCUT2D eigenvalue weighted by Gasteiger charge is -2.35. The van der Waals surface area contributed by atoms with Gasteiger partial charge in [-0.25, -0.2) is 23.1 Å². The summed E-state index contributed by atoms with van der Waals surface area (Å²) in [7, 11) is 0. The standard InChI is InChI=1S/C29H31F3N8OS/c1-14-20-24(21(32)22(34-14)18-5-6-19(31)23-25(18)42-27(33)36-23)37-28(38-26(20)39-11-16-3-4-17(12-39)35-16)41-13-29-7-2-8-40(29)10-15(30)9-29/h5-6,15-17,35H,2-4,7-13H2,1H3,(H2,33,36)/t15-,16?,17?,29+/m1/s1. The number of nitrogens with one attached hydrogen (secondary N) is 1. The van der Waals surface area contributed by atoms with Gasteiger partial charge in [-0.1, -0.05) is 11.3 Å². The van der Waals surface area contributed by atoms with Crippen molar-refractivity contribution in [2.45, 2.75) is 62.8 Å². The lowest BCUT2D eigenvalue weighted by atomic mass is 9.95. The third-order valence-electron chi connectivity index (χ3n) is 9.44. The Hall–Kier alpha value is -3.29. The number of benzene rings is 1. The topological polar surface area (TPSA) is 105 Å². The van der Waals surface area contributed by atoms with E-state index in [0.29, 0.717) is 52.2 Å². The summed E-state index contributed by atoms with van der Waals surface area (Å²) in [4.78, 5) is 22.6. The predicted molar refractivity (Wildman–Crippen MR) is 156 cm³/mol. The van der Waals surface area contributed by atoms with Gasteiger partial charge in [0.1, 0.15) is 41.1 Å². The summed E-state index contributed by atoms with van der Waals surface area (Å²) in [5.41, 5.74) is 6.67. The SMILES string of the molecule is Cc1nc(-c2ccc(F)c3nc(N)sc23)c(F)c2nc(OC[C@@]34CCCN3C[C@H](F)C4)nc(N3CC4CCC(C3)N4)c12. The number of hydrogen-bond acceptors (Lipinski definition) is 10. The van der Waals surface area contributed by atoms with Crippen LogP contribution in [0.5, 0.6) is 6.01 Å². The number of piperazine rings is 1. The summed E-state index contributed by atoms with van der Waals surface area (Å²) in [6.45, 7) is 4.76. The Morgan fingerprint density at radius 3 is 2.71 bits per heavy atom. The average Bonchev–Trinajstić information content (AvgIpc) is 3.71. The Balaban J connectivity index is 1.27. The van der Waals surface area contributed by atoms with Crippen molar-refractivity contribution in [2.24, 2.45) is 0 Å². The second kappa shape index (κ2) is 9.61. The number of anilines is 2. The van der Waals surface area contributed by atoms with Gasteiger partial charge in [-0.3, -0.25) is 4.90 Å². The number of thiazole rings is 1. The highest BCUT2D eigenvalue weighted by Crippen LogP contribution is 2.42. The Kier molecular flexibility index (Phi) is 6.03. The van der Waals surface area contributed by atoms with Crippen LogP contribution in [0.2, 0.25) is 0 Å². The summed E-state index contributed by atoms with van der Waals surface area (Å²) in [6.07, 6.45) is 3.50. The van der Waals surface area contributed by atoms with Gasteiger partial charge >= 0.3 is 6.01 Å². The quantitative estimate of drug-likeness (QED) is 0.348. The van der Waals surface area contributed by atoms with Crippen molar-refractivity contribution < 1.29 is 17.9 Å². The molecule has 0 radical (unpaired) electrons. The second-order valence-corrected chi connectivity index (χ2v) is 13.2. The van der Waals surface area contributed by atoms with Crippen LogP contribution in [0.3, 0.4) is 0 Å². The van der Waals surface area contributed by atoms with Crippen LogP contribution in [0.1, 0.15) is 37.8 Å². The molecule has 220 valence electrons. The van der Waals surface area contributed by atoms with Crippen molar-refractivity contribution >= 4 is 43.4 Å². The van der Waals surface area contributed by atoms with Crippen molar-refractivity contribution in [1.29, 1.82) is 0 Å². The van der Waals surface area contributed by atoms with E-state index >= 15 is 4.39 Å². The average molecular weight is 597 g/mol. The van der Waals surface area contributed by atoms with E-state index in [1.54, 1.807) is 0 Å².